The number of nitrogens with one attached hydrogen (secondary N) is 2. The molecule has 5 nitrogen and oxygen atoms in total. The molecule has 1 heterocycles. The Balaban J connectivity index is 2.05. The molecule has 5 heteroatoms. The van der Waals surface area contributed by atoms with Crippen LogP contribution in [-0.2, 0) is 12.0 Å². The molecule has 2 aromatic rings. The molecular weight excluding hydrogens is 314 g/mol. The number of aliphatic imine (C=N–C) groups is 1. The summed E-state index contributed by atoms with van der Waals surface area (Å²) in [5.74, 6) is 1.18. The zero-order chi connectivity index (χ0) is 18.3. The molecule has 3 N–H and O–H groups in total. The lowest BCUT2D eigenvalue weighted by Crippen LogP contribution is -2.40. The second-order valence-corrected chi connectivity index (χ2v) is 6.41. The van der Waals surface area contributed by atoms with Crippen LogP contribution in [0.3, 0.4) is 0 Å². The summed E-state index contributed by atoms with van der Waals surface area (Å²) in [7, 11) is 0. The number of guanidine groups is 1. The summed E-state index contributed by atoms with van der Waals surface area (Å²) in [4.78, 5) is 4.52. The molecule has 0 amide bonds. The molecule has 136 valence electrons. The Morgan fingerprint density at radius 2 is 1.96 bits per heavy atom. The van der Waals surface area contributed by atoms with Gasteiger partial charge in [0.15, 0.2) is 5.96 Å². The van der Waals surface area contributed by atoms with E-state index in [2.05, 4.69) is 53.7 Å². The van der Waals surface area contributed by atoms with E-state index in [1.54, 1.807) is 25.3 Å². The van der Waals surface area contributed by atoms with Gasteiger partial charge >= 0.3 is 0 Å². The van der Waals surface area contributed by atoms with Gasteiger partial charge in [-0.15, -0.1) is 0 Å². The van der Waals surface area contributed by atoms with Crippen LogP contribution >= 0.6 is 0 Å². The number of hydrogen-bond acceptors (Lipinski definition) is 3. The third-order valence-electron chi connectivity index (χ3n) is 4.18. The van der Waals surface area contributed by atoms with E-state index < -0.39 is 5.60 Å². The van der Waals surface area contributed by atoms with Crippen molar-refractivity contribution in [3.05, 3.63) is 59.5 Å². The van der Waals surface area contributed by atoms with Gasteiger partial charge in [0.25, 0.3) is 0 Å². The van der Waals surface area contributed by atoms with Crippen LogP contribution in [0.15, 0.2) is 52.1 Å². The number of hydrogen-bond donors (Lipinski definition) is 3. The highest BCUT2D eigenvalue weighted by molar-refractivity contribution is 5.80. The predicted molar refractivity (Wildman–Crippen MR) is 102 cm³/mol. The van der Waals surface area contributed by atoms with Gasteiger partial charge in [-0.3, -0.25) is 0 Å². The third kappa shape index (κ3) is 5.36. The van der Waals surface area contributed by atoms with Crippen LogP contribution in [0, 0.1) is 0 Å². The van der Waals surface area contributed by atoms with Gasteiger partial charge < -0.3 is 20.2 Å². The van der Waals surface area contributed by atoms with Crippen molar-refractivity contribution in [1.29, 1.82) is 0 Å². The molecule has 1 aromatic carbocycles. The van der Waals surface area contributed by atoms with Gasteiger partial charge in [-0.1, -0.05) is 31.2 Å². The Bertz CT molecular complexity index is 661. The van der Waals surface area contributed by atoms with Crippen molar-refractivity contribution < 1.29 is 9.52 Å². The van der Waals surface area contributed by atoms with Gasteiger partial charge in [-0.25, -0.2) is 4.99 Å². The number of nitrogens with zero attached hydrogens (tertiary/aromatic N) is 1. The normalized spacial score (nSPS) is 15.5. The van der Waals surface area contributed by atoms with Crippen LogP contribution < -0.4 is 10.6 Å². The smallest absolute Gasteiger partial charge is 0.191 e. The van der Waals surface area contributed by atoms with E-state index in [1.165, 1.54) is 11.1 Å². The number of aryl methyl sites for hydroxylation is 1. The SMILES string of the molecule is CCNC(=NCC(C)(O)c1ccco1)NC(C)c1ccc(CC)cc1. The van der Waals surface area contributed by atoms with Crippen molar-refractivity contribution in [2.45, 2.75) is 45.8 Å². The zero-order valence-electron chi connectivity index (χ0n) is 15.5. The average Bonchev–Trinajstić information content (AvgIpc) is 3.15. The summed E-state index contributed by atoms with van der Waals surface area (Å²) in [6.07, 6.45) is 2.59. The van der Waals surface area contributed by atoms with Gasteiger partial charge in [0.2, 0.25) is 0 Å². The first kappa shape index (κ1) is 19.1. The second kappa shape index (κ2) is 8.72. The molecule has 0 bridgehead atoms. The van der Waals surface area contributed by atoms with E-state index in [1.807, 2.05) is 6.92 Å². The summed E-state index contributed by atoms with van der Waals surface area (Å²) >= 11 is 0. The highest BCUT2D eigenvalue weighted by Gasteiger charge is 2.26. The van der Waals surface area contributed by atoms with E-state index in [0.717, 1.165) is 13.0 Å². The Hall–Kier alpha value is -2.27. The summed E-state index contributed by atoms with van der Waals surface area (Å²) in [5, 5.41) is 17.2. The fraction of sp³-hybridized carbons (Fsp3) is 0.450. The first-order chi connectivity index (χ1) is 12.0. The largest absolute Gasteiger partial charge is 0.466 e. The molecule has 0 spiro atoms. The third-order valence-corrected chi connectivity index (χ3v) is 4.18. The van der Waals surface area contributed by atoms with Crippen molar-refractivity contribution in [2.75, 3.05) is 13.1 Å². The Morgan fingerprint density at radius 3 is 2.52 bits per heavy atom. The second-order valence-electron chi connectivity index (χ2n) is 6.41. The Kier molecular flexibility index (Phi) is 6.65. The number of furan rings is 1. The minimum absolute atomic E-state index is 0.109. The minimum Gasteiger partial charge on any atom is -0.466 e. The van der Waals surface area contributed by atoms with Crippen LogP contribution in [0.1, 0.15) is 50.6 Å². The van der Waals surface area contributed by atoms with Gasteiger partial charge in [0.05, 0.1) is 18.8 Å². The van der Waals surface area contributed by atoms with E-state index in [-0.39, 0.29) is 12.6 Å². The van der Waals surface area contributed by atoms with Crippen molar-refractivity contribution in [3.8, 4) is 0 Å². The number of benzene rings is 1. The van der Waals surface area contributed by atoms with Gasteiger partial charge in [-0.05, 0) is 50.5 Å². The van der Waals surface area contributed by atoms with Gasteiger partial charge in [0, 0.05) is 6.54 Å². The lowest BCUT2D eigenvalue weighted by molar-refractivity contribution is 0.0437. The average molecular weight is 343 g/mol. The molecule has 2 atom stereocenters. The molecule has 25 heavy (non-hydrogen) atoms. The molecule has 0 aliphatic heterocycles. The molecule has 0 fully saturated rings. The van der Waals surface area contributed by atoms with E-state index >= 15 is 0 Å². The van der Waals surface area contributed by atoms with E-state index in [0.29, 0.717) is 11.7 Å². The Labute approximate surface area is 150 Å². The van der Waals surface area contributed by atoms with Crippen LogP contribution in [0.5, 0.6) is 0 Å². The molecule has 2 unspecified atom stereocenters. The Morgan fingerprint density at radius 1 is 1.24 bits per heavy atom. The van der Waals surface area contributed by atoms with Crippen LogP contribution in [-0.4, -0.2) is 24.2 Å². The fourth-order valence-electron chi connectivity index (χ4n) is 2.55. The molecular formula is C20H29N3O2. The van der Waals surface area contributed by atoms with Crippen LogP contribution in [0.4, 0.5) is 0 Å². The van der Waals surface area contributed by atoms with Crippen molar-refractivity contribution in [3.63, 3.8) is 0 Å². The lowest BCUT2D eigenvalue weighted by Gasteiger charge is -2.22. The summed E-state index contributed by atoms with van der Waals surface area (Å²) in [5.41, 5.74) is 1.38. The highest BCUT2D eigenvalue weighted by Crippen LogP contribution is 2.21. The van der Waals surface area contributed by atoms with Crippen LogP contribution in [0.25, 0.3) is 0 Å². The van der Waals surface area contributed by atoms with Gasteiger partial charge in [-0.2, -0.15) is 0 Å². The lowest BCUT2D eigenvalue weighted by atomic mass is 10.0. The van der Waals surface area contributed by atoms with Gasteiger partial charge in [0.1, 0.15) is 11.4 Å². The predicted octanol–water partition coefficient (Wildman–Crippen LogP) is 3.37. The standard InChI is InChI=1S/C20H29N3O2/c1-5-16-9-11-17(12-10-16)15(3)23-19(21-6-2)22-14-20(4,24)18-8-7-13-25-18/h7-13,15,24H,5-6,14H2,1-4H3,(H2,21,22,23). The molecule has 0 radical (unpaired) electrons. The maximum absolute atomic E-state index is 10.5. The zero-order valence-corrected chi connectivity index (χ0v) is 15.5. The fourth-order valence-corrected chi connectivity index (χ4v) is 2.55. The van der Waals surface area contributed by atoms with E-state index in [4.69, 9.17) is 4.42 Å². The maximum atomic E-state index is 10.5. The van der Waals surface area contributed by atoms with E-state index in [9.17, 15) is 5.11 Å². The molecule has 0 saturated carbocycles. The quantitative estimate of drug-likeness (QED) is 0.532. The summed E-state index contributed by atoms with van der Waals surface area (Å²) in [6, 6.07) is 12.2. The summed E-state index contributed by atoms with van der Waals surface area (Å²) < 4.78 is 5.30. The number of aliphatic hydroxyl groups is 1. The topological polar surface area (TPSA) is 69.8 Å². The van der Waals surface area contributed by atoms with Crippen molar-refractivity contribution in [1.82, 2.24) is 10.6 Å². The first-order valence-corrected chi connectivity index (χ1v) is 8.86. The molecule has 0 aliphatic rings. The summed E-state index contributed by atoms with van der Waals surface area (Å²) in [6.45, 7) is 8.91. The monoisotopic (exact) mass is 343 g/mol. The minimum atomic E-state index is -1.14. The highest BCUT2D eigenvalue weighted by atomic mass is 16.4. The number of rotatable bonds is 7. The van der Waals surface area contributed by atoms with Crippen molar-refractivity contribution >= 4 is 5.96 Å². The van der Waals surface area contributed by atoms with Crippen LogP contribution in [0.2, 0.25) is 0 Å². The molecule has 1 aromatic heterocycles. The van der Waals surface area contributed by atoms with Crippen molar-refractivity contribution in [2.24, 2.45) is 4.99 Å². The first-order valence-electron chi connectivity index (χ1n) is 8.86. The maximum Gasteiger partial charge on any atom is 0.191 e. The molecule has 0 saturated heterocycles. The molecule has 2 rings (SSSR count). The molecule has 0 aliphatic carbocycles.